The molecule has 0 atom stereocenters. The van der Waals surface area contributed by atoms with E-state index in [1.165, 1.54) is 11.1 Å². The van der Waals surface area contributed by atoms with Gasteiger partial charge in [0.25, 0.3) is 5.91 Å². The van der Waals surface area contributed by atoms with Crippen LogP contribution < -0.4 is 10.2 Å². The summed E-state index contributed by atoms with van der Waals surface area (Å²) >= 11 is 0. The monoisotopic (exact) mass is 415 g/mol. The van der Waals surface area contributed by atoms with Crippen LogP contribution in [0.1, 0.15) is 27.3 Å². The molecule has 2 aliphatic rings. The molecule has 3 aromatic rings. The van der Waals surface area contributed by atoms with Gasteiger partial charge in [0.15, 0.2) is 5.82 Å². The van der Waals surface area contributed by atoms with Crippen molar-refractivity contribution in [1.29, 1.82) is 0 Å². The quantitative estimate of drug-likeness (QED) is 0.665. The van der Waals surface area contributed by atoms with E-state index >= 15 is 0 Å². The maximum atomic E-state index is 13.3. The van der Waals surface area contributed by atoms with Crippen molar-refractivity contribution in [3.8, 4) is 0 Å². The van der Waals surface area contributed by atoms with E-state index in [4.69, 9.17) is 4.98 Å². The van der Waals surface area contributed by atoms with E-state index in [2.05, 4.69) is 58.6 Å². The Morgan fingerprint density at radius 3 is 2.71 bits per heavy atom. The maximum Gasteiger partial charge on any atom is 0.272 e. The van der Waals surface area contributed by atoms with Gasteiger partial charge in [-0.25, -0.2) is 4.98 Å². The Balaban J connectivity index is 1.62. The number of aromatic nitrogens is 2. The van der Waals surface area contributed by atoms with Crippen LogP contribution in [0.25, 0.3) is 10.9 Å². The maximum absolute atomic E-state index is 13.3. The minimum Gasteiger partial charge on any atom is -0.350 e. The number of carbonyl (C=O) groups is 1. The van der Waals surface area contributed by atoms with Crippen molar-refractivity contribution in [3.63, 3.8) is 0 Å². The highest BCUT2D eigenvalue weighted by molar-refractivity contribution is 6.00. The lowest BCUT2D eigenvalue weighted by Crippen LogP contribution is -2.46. The summed E-state index contributed by atoms with van der Waals surface area (Å²) in [6.07, 6.45) is 2.90. The fourth-order valence-electron chi connectivity index (χ4n) is 4.81. The molecule has 0 radical (unpaired) electrons. The Hall–Kier alpha value is -3.12. The van der Waals surface area contributed by atoms with E-state index in [1.807, 2.05) is 17.0 Å². The number of benzene rings is 1. The van der Waals surface area contributed by atoms with Gasteiger partial charge < -0.3 is 19.7 Å². The first-order chi connectivity index (χ1) is 15.2. The third-order valence-corrected chi connectivity index (χ3v) is 6.43. The van der Waals surface area contributed by atoms with E-state index < -0.39 is 0 Å². The Morgan fingerprint density at radius 1 is 1.16 bits per heavy atom. The van der Waals surface area contributed by atoms with Crippen molar-refractivity contribution in [2.45, 2.75) is 26.4 Å². The Labute approximate surface area is 183 Å². The minimum absolute atomic E-state index is 0.0242. The molecule has 160 valence electrons. The van der Waals surface area contributed by atoms with Crippen molar-refractivity contribution >= 4 is 22.6 Å². The first-order valence-electron chi connectivity index (χ1n) is 11.1. The average molecular weight is 416 g/mol. The number of allylic oxidation sites excluding steroid dienone is 1. The Bertz CT molecular complexity index is 1140. The summed E-state index contributed by atoms with van der Waals surface area (Å²) in [4.78, 5) is 22.5. The highest BCUT2D eigenvalue weighted by Crippen LogP contribution is 2.32. The van der Waals surface area contributed by atoms with Gasteiger partial charge in [-0.2, -0.15) is 0 Å². The SMILES string of the molecule is C=CCn1c(C)cc2cc(C(=O)N3CCNCC3)nc(N3CCc4ccccc4C3)c21. The average Bonchev–Trinajstić information content (AvgIpc) is 3.13. The van der Waals surface area contributed by atoms with Crippen LogP contribution in [0.4, 0.5) is 5.82 Å². The molecule has 6 heteroatoms. The summed E-state index contributed by atoms with van der Waals surface area (Å²) in [6.45, 7) is 11.6. The second-order valence-electron chi connectivity index (χ2n) is 8.44. The normalized spacial score (nSPS) is 16.4. The van der Waals surface area contributed by atoms with Crippen LogP contribution in [-0.2, 0) is 19.5 Å². The molecule has 1 amide bonds. The van der Waals surface area contributed by atoms with Crippen molar-refractivity contribution < 1.29 is 4.79 Å². The van der Waals surface area contributed by atoms with Gasteiger partial charge in [0.2, 0.25) is 0 Å². The van der Waals surface area contributed by atoms with Crippen molar-refractivity contribution in [2.24, 2.45) is 0 Å². The molecule has 0 aliphatic carbocycles. The summed E-state index contributed by atoms with van der Waals surface area (Å²) in [7, 11) is 0. The summed E-state index contributed by atoms with van der Waals surface area (Å²) in [5, 5.41) is 4.38. The number of hydrogen-bond donors (Lipinski definition) is 1. The molecule has 1 fully saturated rings. The second-order valence-corrected chi connectivity index (χ2v) is 8.44. The van der Waals surface area contributed by atoms with Crippen LogP contribution in [0.15, 0.2) is 49.1 Å². The van der Waals surface area contributed by atoms with Gasteiger partial charge >= 0.3 is 0 Å². The Kier molecular flexibility index (Phi) is 5.24. The standard InChI is InChI=1S/C25H29N5O/c1-3-11-30-18(2)15-21-16-22(25(31)28-13-9-26-10-14-28)27-24(23(21)30)29-12-8-19-6-4-5-7-20(19)17-29/h3-7,15-16,26H,1,8-14,17H2,2H3. The summed E-state index contributed by atoms with van der Waals surface area (Å²) in [5.74, 6) is 0.927. The molecule has 0 spiro atoms. The lowest BCUT2D eigenvalue weighted by atomic mass is 10.00. The smallest absolute Gasteiger partial charge is 0.272 e. The molecule has 2 aromatic heterocycles. The van der Waals surface area contributed by atoms with Crippen molar-refractivity contribution in [2.75, 3.05) is 37.6 Å². The van der Waals surface area contributed by atoms with Gasteiger partial charge in [-0.05, 0) is 36.6 Å². The molecule has 1 aromatic carbocycles. The van der Waals surface area contributed by atoms with Crippen LogP contribution in [0.2, 0.25) is 0 Å². The fraction of sp³-hybridized carbons (Fsp3) is 0.360. The molecule has 0 bridgehead atoms. The molecule has 2 aliphatic heterocycles. The molecule has 1 saturated heterocycles. The number of nitrogens with zero attached hydrogens (tertiary/aromatic N) is 4. The van der Waals surface area contributed by atoms with Crippen LogP contribution in [0.5, 0.6) is 0 Å². The first-order valence-corrected chi connectivity index (χ1v) is 11.1. The number of piperazine rings is 1. The topological polar surface area (TPSA) is 53.4 Å². The van der Waals surface area contributed by atoms with Gasteiger partial charge in [0, 0.05) is 56.9 Å². The zero-order valence-electron chi connectivity index (χ0n) is 18.1. The van der Waals surface area contributed by atoms with Gasteiger partial charge in [-0.3, -0.25) is 4.79 Å². The molecule has 5 rings (SSSR count). The van der Waals surface area contributed by atoms with Crippen LogP contribution >= 0.6 is 0 Å². The number of anilines is 1. The van der Waals surface area contributed by atoms with Crippen molar-refractivity contribution in [3.05, 3.63) is 71.6 Å². The van der Waals surface area contributed by atoms with Crippen molar-refractivity contribution in [1.82, 2.24) is 19.8 Å². The third-order valence-electron chi connectivity index (χ3n) is 6.43. The number of fused-ring (bicyclic) bond motifs is 2. The lowest BCUT2D eigenvalue weighted by molar-refractivity contribution is 0.0730. The molecule has 0 unspecified atom stereocenters. The number of amides is 1. The number of pyridine rings is 1. The van der Waals surface area contributed by atoms with Gasteiger partial charge in [-0.1, -0.05) is 30.3 Å². The van der Waals surface area contributed by atoms with E-state index in [-0.39, 0.29) is 5.91 Å². The van der Waals surface area contributed by atoms with Gasteiger partial charge in [-0.15, -0.1) is 6.58 Å². The number of hydrogen-bond acceptors (Lipinski definition) is 4. The summed E-state index contributed by atoms with van der Waals surface area (Å²) in [6, 6.07) is 12.7. The molecule has 4 heterocycles. The zero-order valence-corrected chi connectivity index (χ0v) is 18.1. The zero-order chi connectivity index (χ0) is 21.4. The molecule has 31 heavy (non-hydrogen) atoms. The predicted octanol–water partition coefficient (Wildman–Crippen LogP) is 3.14. The number of carbonyl (C=O) groups excluding carboxylic acids is 1. The van der Waals surface area contributed by atoms with E-state index in [9.17, 15) is 4.79 Å². The highest BCUT2D eigenvalue weighted by atomic mass is 16.2. The van der Waals surface area contributed by atoms with E-state index in [0.29, 0.717) is 5.69 Å². The number of rotatable bonds is 4. The number of nitrogens with one attached hydrogen (secondary N) is 1. The van der Waals surface area contributed by atoms with Crippen LogP contribution in [-0.4, -0.2) is 53.1 Å². The summed E-state index contributed by atoms with van der Waals surface area (Å²) < 4.78 is 2.25. The molecule has 0 saturated carbocycles. The molecular weight excluding hydrogens is 386 g/mol. The van der Waals surface area contributed by atoms with E-state index in [0.717, 1.165) is 74.6 Å². The predicted molar refractivity (Wildman–Crippen MR) is 125 cm³/mol. The van der Waals surface area contributed by atoms with Gasteiger partial charge in [0.05, 0.1) is 5.52 Å². The van der Waals surface area contributed by atoms with E-state index in [1.54, 1.807) is 0 Å². The van der Waals surface area contributed by atoms with Crippen LogP contribution in [0.3, 0.4) is 0 Å². The molecule has 1 N–H and O–H groups in total. The fourth-order valence-corrected chi connectivity index (χ4v) is 4.81. The second kappa shape index (κ2) is 8.19. The lowest BCUT2D eigenvalue weighted by Gasteiger charge is -2.31. The largest absolute Gasteiger partial charge is 0.350 e. The molecular formula is C25H29N5O. The molecule has 6 nitrogen and oxygen atoms in total. The highest BCUT2D eigenvalue weighted by Gasteiger charge is 2.26. The summed E-state index contributed by atoms with van der Waals surface area (Å²) in [5.41, 5.74) is 5.52. The first kappa shape index (κ1) is 19.8. The van der Waals surface area contributed by atoms with Gasteiger partial charge in [0.1, 0.15) is 5.69 Å². The minimum atomic E-state index is 0.0242. The third kappa shape index (κ3) is 3.61. The van der Waals surface area contributed by atoms with Crippen LogP contribution in [0, 0.1) is 6.92 Å². The Morgan fingerprint density at radius 2 is 1.94 bits per heavy atom. The number of aryl methyl sites for hydroxylation is 1.